The lowest BCUT2D eigenvalue weighted by atomic mass is 10.0. The number of carbonyl (C=O) groups is 1. The van der Waals surface area contributed by atoms with E-state index < -0.39 is 15.8 Å². The highest BCUT2D eigenvalue weighted by Gasteiger charge is 2.18. The highest BCUT2D eigenvalue weighted by molar-refractivity contribution is 7.92. The molecular formula is C25H28FN3O3S. The van der Waals surface area contributed by atoms with Crippen LogP contribution in [-0.4, -0.2) is 45.9 Å². The van der Waals surface area contributed by atoms with E-state index in [-0.39, 0.29) is 22.5 Å². The molecule has 0 heterocycles. The molecule has 2 N–H and O–H groups in total. The van der Waals surface area contributed by atoms with Gasteiger partial charge >= 0.3 is 0 Å². The highest BCUT2D eigenvalue weighted by Crippen LogP contribution is 2.19. The first-order valence-corrected chi connectivity index (χ1v) is 12.0. The maximum atomic E-state index is 13.8. The van der Waals surface area contributed by atoms with Gasteiger partial charge in [0, 0.05) is 23.8 Å². The largest absolute Gasteiger partial charge is 0.350 e. The summed E-state index contributed by atoms with van der Waals surface area (Å²) < 4.78 is 41.5. The number of benzene rings is 3. The second-order valence-electron chi connectivity index (χ2n) is 8.11. The average molecular weight is 470 g/mol. The number of hydrogen-bond acceptors (Lipinski definition) is 4. The molecule has 6 nitrogen and oxygen atoms in total. The van der Waals surface area contributed by atoms with Crippen LogP contribution in [-0.2, 0) is 16.4 Å². The third-order valence-corrected chi connectivity index (χ3v) is 6.75. The van der Waals surface area contributed by atoms with E-state index in [0.717, 1.165) is 12.5 Å². The standard InChI is InChI=1S/C25H28FN3O3S/c1-18-12-13-23(16-24(18)26)33(31,32)28-21-11-7-10-20(15-21)25(30)27-17-22(29(2)3)14-19-8-5-4-6-9-19/h4-13,15-16,22,28H,14,17H2,1-3H3,(H,27,30). The number of sulfonamides is 1. The van der Waals surface area contributed by atoms with E-state index >= 15 is 0 Å². The fraction of sp³-hybridized carbons (Fsp3) is 0.240. The van der Waals surface area contributed by atoms with Gasteiger partial charge in [-0.2, -0.15) is 0 Å². The van der Waals surface area contributed by atoms with Gasteiger partial charge < -0.3 is 10.2 Å². The molecule has 0 bridgehead atoms. The normalized spacial score (nSPS) is 12.4. The van der Waals surface area contributed by atoms with Gasteiger partial charge in [0.15, 0.2) is 0 Å². The summed E-state index contributed by atoms with van der Waals surface area (Å²) in [6, 6.07) is 20.0. The van der Waals surface area contributed by atoms with Gasteiger partial charge in [-0.3, -0.25) is 9.52 Å². The van der Waals surface area contributed by atoms with Crippen molar-refractivity contribution < 1.29 is 17.6 Å². The maximum Gasteiger partial charge on any atom is 0.261 e. The molecule has 0 radical (unpaired) electrons. The van der Waals surface area contributed by atoms with Crippen molar-refractivity contribution >= 4 is 21.6 Å². The Balaban J connectivity index is 1.68. The molecule has 0 spiro atoms. The molecule has 1 atom stereocenters. The quantitative estimate of drug-likeness (QED) is 0.499. The summed E-state index contributed by atoms with van der Waals surface area (Å²) in [7, 11) is -0.0722. The smallest absolute Gasteiger partial charge is 0.261 e. The van der Waals surface area contributed by atoms with Crippen molar-refractivity contribution in [3.8, 4) is 0 Å². The number of nitrogens with one attached hydrogen (secondary N) is 2. The first kappa shape index (κ1) is 24.4. The number of rotatable bonds is 9. The zero-order valence-electron chi connectivity index (χ0n) is 18.9. The van der Waals surface area contributed by atoms with Gasteiger partial charge in [0.2, 0.25) is 0 Å². The van der Waals surface area contributed by atoms with Crippen molar-refractivity contribution in [2.75, 3.05) is 25.4 Å². The van der Waals surface area contributed by atoms with Crippen LogP contribution in [0.1, 0.15) is 21.5 Å². The topological polar surface area (TPSA) is 78.5 Å². The molecule has 0 saturated carbocycles. The van der Waals surface area contributed by atoms with Crippen molar-refractivity contribution in [1.29, 1.82) is 0 Å². The van der Waals surface area contributed by atoms with Crippen LogP contribution in [0, 0.1) is 12.7 Å². The number of nitrogens with zero attached hydrogens (tertiary/aromatic N) is 1. The summed E-state index contributed by atoms with van der Waals surface area (Å²) in [6.07, 6.45) is 0.779. The van der Waals surface area contributed by atoms with Crippen LogP contribution in [0.3, 0.4) is 0 Å². The average Bonchev–Trinajstić information content (AvgIpc) is 2.78. The van der Waals surface area contributed by atoms with Gasteiger partial charge in [0.05, 0.1) is 4.90 Å². The molecule has 33 heavy (non-hydrogen) atoms. The van der Waals surface area contributed by atoms with Gasteiger partial charge in [-0.15, -0.1) is 0 Å². The van der Waals surface area contributed by atoms with Gasteiger partial charge in [0.25, 0.3) is 15.9 Å². The Labute approximate surface area is 194 Å². The minimum Gasteiger partial charge on any atom is -0.350 e. The van der Waals surface area contributed by atoms with Crippen molar-refractivity contribution in [1.82, 2.24) is 10.2 Å². The molecule has 3 aromatic carbocycles. The third-order valence-electron chi connectivity index (χ3n) is 5.37. The van der Waals surface area contributed by atoms with E-state index in [2.05, 4.69) is 14.9 Å². The van der Waals surface area contributed by atoms with E-state index in [1.165, 1.54) is 29.8 Å². The summed E-state index contributed by atoms with van der Waals surface area (Å²) in [5.41, 5.74) is 2.07. The first-order valence-electron chi connectivity index (χ1n) is 10.5. The molecule has 0 aliphatic heterocycles. The summed E-state index contributed by atoms with van der Waals surface area (Å²) in [4.78, 5) is 14.6. The Morgan fingerprint density at radius 3 is 2.39 bits per heavy atom. The molecule has 3 aromatic rings. The van der Waals surface area contributed by atoms with Gasteiger partial charge in [-0.25, -0.2) is 12.8 Å². The van der Waals surface area contributed by atoms with Crippen LogP contribution < -0.4 is 10.0 Å². The molecule has 3 rings (SSSR count). The van der Waals surface area contributed by atoms with E-state index in [0.29, 0.717) is 17.7 Å². The van der Waals surface area contributed by atoms with E-state index in [9.17, 15) is 17.6 Å². The van der Waals surface area contributed by atoms with Crippen molar-refractivity contribution in [2.45, 2.75) is 24.3 Å². The monoisotopic (exact) mass is 469 g/mol. The lowest BCUT2D eigenvalue weighted by Gasteiger charge is -2.25. The second-order valence-corrected chi connectivity index (χ2v) is 9.80. The van der Waals surface area contributed by atoms with Crippen LogP contribution in [0.5, 0.6) is 0 Å². The first-order chi connectivity index (χ1) is 15.7. The minimum absolute atomic E-state index is 0.0921. The van der Waals surface area contributed by atoms with Gasteiger partial charge in [0.1, 0.15) is 5.82 Å². The molecule has 0 fully saturated rings. The van der Waals surface area contributed by atoms with Crippen LogP contribution >= 0.6 is 0 Å². The SMILES string of the molecule is Cc1ccc(S(=O)(=O)Nc2cccc(C(=O)NCC(Cc3ccccc3)N(C)C)c2)cc1F. The second kappa shape index (κ2) is 10.6. The Kier molecular flexibility index (Phi) is 7.84. The fourth-order valence-corrected chi connectivity index (χ4v) is 4.38. The number of carbonyl (C=O) groups excluding carboxylic acids is 1. The molecule has 8 heteroatoms. The van der Waals surface area contributed by atoms with Crippen molar-refractivity contribution in [3.05, 3.63) is 95.3 Å². The zero-order valence-corrected chi connectivity index (χ0v) is 19.7. The number of aryl methyl sites for hydroxylation is 1. The fourth-order valence-electron chi connectivity index (χ4n) is 3.31. The third kappa shape index (κ3) is 6.63. The van der Waals surface area contributed by atoms with Gasteiger partial charge in [-0.05, 0) is 68.9 Å². The molecule has 0 aromatic heterocycles. The molecule has 1 unspecified atom stereocenters. The van der Waals surface area contributed by atoms with Crippen LogP contribution in [0.2, 0.25) is 0 Å². The summed E-state index contributed by atoms with van der Waals surface area (Å²) >= 11 is 0. The molecule has 0 aliphatic carbocycles. The molecular weight excluding hydrogens is 441 g/mol. The molecule has 174 valence electrons. The Morgan fingerprint density at radius 2 is 1.73 bits per heavy atom. The molecule has 0 saturated heterocycles. The van der Waals surface area contributed by atoms with E-state index in [1.807, 2.05) is 44.4 Å². The summed E-state index contributed by atoms with van der Waals surface area (Å²) in [6.45, 7) is 1.99. The summed E-state index contributed by atoms with van der Waals surface area (Å²) in [5, 5.41) is 2.93. The minimum atomic E-state index is -3.99. The zero-order chi connectivity index (χ0) is 24.0. The van der Waals surface area contributed by atoms with E-state index in [4.69, 9.17) is 0 Å². The number of anilines is 1. The highest BCUT2D eigenvalue weighted by atomic mass is 32.2. The number of amides is 1. The number of hydrogen-bond donors (Lipinski definition) is 2. The predicted molar refractivity (Wildman–Crippen MR) is 128 cm³/mol. The van der Waals surface area contributed by atoms with Gasteiger partial charge in [-0.1, -0.05) is 42.5 Å². The lowest BCUT2D eigenvalue weighted by Crippen LogP contribution is -2.41. The Morgan fingerprint density at radius 1 is 1.00 bits per heavy atom. The Hall–Kier alpha value is -3.23. The van der Waals surface area contributed by atoms with Crippen LogP contribution in [0.25, 0.3) is 0 Å². The van der Waals surface area contributed by atoms with Crippen LogP contribution in [0.4, 0.5) is 10.1 Å². The number of halogens is 1. The summed E-state index contributed by atoms with van der Waals surface area (Å²) in [5.74, 6) is -0.908. The van der Waals surface area contributed by atoms with Crippen molar-refractivity contribution in [2.24, 2.45) is 0 Å². The molecule has 0 aliphatic rings. The number of likely N-dealkylation sites (N-methyl/N-ethyl adjacent to an activating group) is 1. The van der Waals surface area contributed by atoms with E-state index in [1.54, 1.807) is 19.1 Å². The molecule has 1 amide bonds. The maximum absolute atomic E-state index is 13.8. The Bertz CT molecular complexity index is 1210. The lowest BCUT2D eigenvalue weighted by molar-refractivity contribution is 0.0941. The predicted octanol–water partition coefficient (Wildman–Crippen LogP) is 3.84. The van der Waals surface area contributed by atoms with Crippen LogP contribution in [0.15, 0.2) is 77.7 Å². The van der Waals surface area contributed by atoms with Crippen molar-refractivity contribution in [3.63, 3.8) is 0 Å².